The van der Waals surface area contributed by atoms with Gasteiger partial charge in [0.15, 0.2) is 0 Å². The van der Waals surface area contributed by atoms with Gasteiger partial charge in [-0.2, -0.15) is 0 Å². The van der Waals surface area contributed by atoms with Gasteiger partial charge in [0.1, 0.15) is 11.4 Å². The second kappa shape index (κ2) is 9.31. The molecule has 0 saturated carbocycles. The van der Waals surface area contributed by atoms with Crippen molar-refractivity contribution in [2.24, 2.45) is 0 Å². The minimum Gasteiger partial charge on any atom is -0.496 e. The standard InChI is InChI=1S/C20H24N4O5/c1-29-18-14-17(21-16-9-5-4-8-15(16)18)20(26)23-12-7-11-22(23)19(25)10-3-2-6-13-24(27)28/h4-5,8-9,14H,2-3,6-7,10-13H2,1H3. The number of hydrogen-bond donors (Lipinski definition) is 0. The predicted octanol–water partition coefficient (Wildman–Crippen LogP) is 2.67. The summed E-state index contributed by atoms with van der Waals surface area (Å²) in [6.07, 6.45) is 2.58. The van der Waals surface area contributed by atoms with Crippen LogP contribution in [0.2, 0.25) is 0 Å². The van der Waals surface area contributed by atoms with Gasteiger partial charge in [0, 0.05) is 42.3 Å². The van der Waals surface area contributed by atoms with Crippen LogP contribution in [0.3, 0.4) is 0 Å². The van der Waals surface area contributed by atoms with E-state index in [9.17, 15) is 19.7 Å². The highest BCUT2D eigenvalue weighted by atomic mass is 16.6. The number of pyridine rings is 1. The number of carbonyl (C=O) groups is 2. The molecule has 0 spiro atoms. The van der Waals surface area contributed by atoms with Crippen molar-refractivity contribution in [2.75, 3.05) is 26.7 Å². The number of hydrazine groups is 1. The first kappa shape index (κ1) is 20.5. The third kappa shape index (κ3) is 4.79. The van der Waals surface area contributed by atoms with Crippen LogP contribution in [0.15, 0.2) is 30.3 Å². The summed E-state index contributed by atoms with van der Waals surface area (Å²) in [6.45, 7) is 0.838. The Balaban J connectivity index is 1.69. The fraction of sp³-hybridized carbons (Fsp3) is 0.450. The molecule has 1 aromatic heterocycles. The van der Waals surface area contributed by atoms with Crippen molar-refractivity contribution in [2.45, 2.75) is 32.1 Å². The molecular formula is C20H24N4O5. The molecule has 1 fully saturated rings. The van der Waals surface area contributed by atoms with E-state index in [2.05, 4.69) is 4.98 Å². The minimum absolute atomic E-state index is 0.0853. The zero-order valence-corrected chi connectivity index (χ0v) is 16.4. The molecule has 154 valence electrons. The Labute approximate surface area is 168 Å². The van der Waals surface area contributed by atoms with Crippen molar-refractivity contribution < 1.29 is 19.2 Å². The number of fused-ring (bicyclic) bond motifs is 1. The molecule has 0 unspecified atom stereocenters. The van der Waals surface area contributed by atoms with E-state index in [0.29, 0.717) is 50.0 Å². The molecule has 9 heteroatoms. The summed E-state index contributed by atoms with van der Waals surface area (Å²) in [4.78, 5) is 40.1. The predicted molar refractivity (Wildman–Crippen MR) is 106 cm³/mol. The highest BCUT2D eigenvalue weighted by molar-refractivity contribution is 5.98. The van der Waals surface area contributed by atoms with E-state index in [1.165, 1.54) is 10.0 Å². The third-order valence-corrected chi connectivity index (χ3v) is 4.90. The van der Waals surface area contributed by atoms with Gasteiger partial charge in [-0.3, -0.25) is 24.7 Å². The Hall–Kier alpha value is -3.23. The number of nitro groups is 1. The number of aromatic nitrogens is 1. The number of para-hydroxylation sites is 1. The molecule has 1 aliphatic rings. The first-order valence-electron chi connectivity index (χ1n) is 9.69. The van der Waals surface area contributed by atoms with Crippen LogP contribution in [0, 0.1) is 10.1 Å². The van der Waals surface area contributed by atoms with Crippen molar-refractivity contribution in [3.63, 3.8) is 0 Å². The summed E-state index contributed by atoms with van der Waals surface area (Å²) in [6, 6.07) is 9.00. The van der Waals surface area contributed by atoms with E-state index in [1.54, 1.807) is 13.2 Å². The molecule has 3 rings (SSSR count). The number of amides is 2. The molecule has 1 aromatic carbocycles. The minimum atomic E-state index is -0.354. The summed E-state index contributed by atoms with van der Waals surface area (Å²) < 4.78 is 5.41. The van der Waals surface area contributed by atoms with E-state index in [0.717, 1.165) is 5.39 Å². The summed E-state index contributed by atoms with van der Waals surface area (Å²) in [5.74, 6) is 0.0692. The molecule has 2 amide bonds. The Bertz CT molecular complexity index is 917. The number of hydrogen-bond acceptors (Lipinski definition) is 6. The maximum Gasteiger partial charge on any atom is 0.291 e. The molecule has 2 heterocycles. The van der Waals surface area contributed by atoms with Crippen molar-refractivity contribution >= 4 is 22.7 Å². The van der Waals surface area contributed by atoms with Crippen LogP contribution < -0.4 is 4.74 Å². The molecule has 0 aliphatic carbocycles. The van der Waals surface area contributed by atoms with Gasteiger partial charge in [0.2, 0.25) is 12.5 Å². The van der Waals surface area contributed by atoms with E-state index in [-0.39, 0.29) is 35.4 Å². The van der Waals surface area contributed by atoms with Crippen LogP contribution in [0.4, 0.5) is 0 Å². The third-order valence-electron chi connectivity index (χ3n) is 4.90. The number of ether oxygens (including phenoxy) is 1. The molecule has 0 radical (unpaired) electrons. The van der Waals surface area contributed by atoms with Gasteiger partial charge in [-0.05, 0) is 31.4 Å². The van der Waals surface area contributed by atoms with Gasteiger partial charge in [-0.25, -0.2) is 9.99 Å². The number of benzene rings is 1. The lowest BCUT2D eigenvalue weighted by molar-refractivity contribution is -0.480. The van der Waals surface area contributed by atoms with Gasteiger partial charge < -0.3 is 4.74 Å². The molecular weight excluding hydrogens is 376 g/mol. The van der Waals surface area contributed by atoms with Gasteiger partial charge in [0.05, 0.1) is 12.6 Å². The average Bonchev–Trinajstić information content (AvgIpc) is 3.21. The van der Waals surface area contributed by atoms with Crippen LogP contribution in [0.1, 0.15) is 42.6 Å². The number of unbranched alkanes of at least 4 members (excludes halogenated alkanes) is 2. The second-order valence-electron chi connectivity index (χ2n) is 6.89. The van der Waals surface area contributed by atoms with Crippen molar-refractivity contribution in [1.82, 2.24) is 15.0 Å². The fourth-order valence-electron chi connectivity index (χ4n) is 3.46. The number of carbonyl (C=O) groups excluding carboxylic acids is 2. The number of methoxy groups -OCH3 is 1. The van der Waals surface area contributed by atoms with Crippen LogP contribution in [0.5, 0.6) is 5.75 Å². The van der Waals surface area contributed by atoms with Gasteiger partial charge >= 0.3 is 0 Å². The van der Waals surface area contributed by atoms with E-state index in [1.807, 2.05) is 24.3 Å². The zero-order chi connectivity index (χ0) is 20.8. The first-order valence-corrected chi connectivity index (χ1v) is 9.69. The maximum absolute atomic E-state index is 13.1. The summed E-state index contributed by atoms with van der Waals surface area (Å²) in [7, 11) is 1.54. The molecule has 1 aliphatic heterocycles. The van der Waals surface area contributed by atoms with Crippen molar-refractivity contribution in [1.29, 1.82) is 0 Å². The molecule has 2 aromatic rings. The Morgan fingerprint density at radius 1 is 1.17 bits per heavy atom. The van der Waals surface area contributed by atoms with E-state index >= 15 is 0 Å². The molecule has 9 nitrogen and oxygen atoms in total. The lowest BCUT2D eigenvalue weighted by Gasteiger charge is -2.27. The topological polar surface area (TPSA) is 106 Å². The Kier molecular flexibility index (Phi) is 6.58. The lowest BCUT2D eigenvalue weighted by Crippen LogP contribution is -2.45. The first-order chi connectivity index (χ1) is 14.0. The summed E-state index contributed by atoms with van der Waals surface area (Å²) in [5, 5.41) is 14.1. The van der Waals surface area contributed by atoms with Crippen LogP contribution in [-0.2, 0) is 4.79 Å². The van der Waals surface area contributed by atoms with Crippen LogP contribution in [-0.4, -0.2) is 58.5 Å². The monoisotopic (exact) mass is 400 g/mol. The van der Waals surface area contributed by atoms with E-state index in [4.69, 9.17) is 4.74 Å². The zero-order valence-electron chi connectivity index (χ0n) is 16.4. The fourth-order valence-corrected chi connectivity index (χ4v) is 3.46. The van der Waals surface area contributed by atoms with Gasteiger partial charge in [0.25, 0.3) is 5.91 Å². The van der Waals surface area contributed by atoms with Crippen LogP contribution in [0.25, 0.3) is 10.9 Å². The van der Waals surface area contributed by atoms with Crippen molar-refractivity contribution in [3.8, 4) is 5.75 Å². The number of nitrogens with zero attached hydrogens (tertiary/aromatic N) is 4. The molecule has 1 saturated heterocycles. The summed E-state index contributed by atoms with van der Waals surface area (Å²) >= 11 is 0. The molecule has 0 bridgehead atoms. The molecule has 0 atom stereocenters. The largest absolute Gasteiger partial charge is 0.496 e. The SMILES string of the molecule is COc1cc(C(=O)N2CCCN2C(=O)CCCCC[N+](=O)[O-])nc2ccccc12. The highest BCUT2D eigenvalue weighted by Gasteiger charge is 2.32. The highest BCUT2D eigenvalue weighted by Crippen LogP contribution is 2.26. The lowest BCUT2D eigenvalue weighted by atomic mass is 10.1. The average molecular weight is 400 g/mol. The second-order valence-corrected chi connectivity index (χ2v) is 6.89. The summed E-state index contributed by atoms with van der Waals surface area (Å²) in [5.41, 5.74) is 0.879. The van der Waals surface area contributed by atoms with Crippen LogP contribution >= 0.6 is 0 Å². The smallest absolute Gasteiger partial charge is 0.291 e. The number of rotatable bonds is 8. The van der Waals surface area contributed by atoms with Gasteiger partial charge in [-0.1, -0.05) is 12.1 Å². The van der Waals surface area contributed by atoms with Crippen molar-refractivity contribution in [3.05, 3.63) is 46.1 Å². The Morgan fingerprint density at radius 2 is 1.93 bits per heavy atom. The van der Waals surface area contributed by atoms with Gasteiger partial charge in [-0.15, -0.1) is 0 Å². The van der Waals surface area contributed by atoms with E-state index < -0.39 is 0 Å². The molecule has 29 heavy (non-hydrogen) atoms. The normalized spacial score (nSPS) is 13.7. The maximum atomic E-state index is 13.1. The Morgan fingerprint density at radius 3 is 2.69 bits per heavy atom. The quantitative estimate of drug-likeness (QED) is 0.383. The molecule has 0 N–H and O–H groups in total.